The Balaban J connectivity index is 2.19. The van der Waals surface area contributed by atoms with Crippen molar-refractivity contribution in [3.8, 4) is 0 Å². The van der Waals surface area contributed by atoms with Gasteiger partial charge in [-0.1, -0.05) is 30.4 Å². The normalized spacial score (nSPS) is 22.3. The summed E-state index contributed by atoms with van der Waals surface area (Å²) in [6, 6.07) is 6.53. The van der Waals surface area contributed by atoms with Crippen LogP contribution in [-0.2, 0) is 0 Å². The number of hydrogen-bond donors (Lipinski definition) is 1. The summed E-state index contributed by atoms with van der Waals surface area (Å²) in [6.45, 7) is 13.6. The van der Waals surface area contributed by atoms with Crippen LogP contribution in [0.3, 0.4) is 0 Å². The highest BCUT2D eigenvalue weighted by atomic mass is 15.0. The molecule has 0 aromatic heterocycles. The molecular weight excluding hydrogens is 242 g/mol. The van der Waals surface area contributed by atoms with Gasteiger partial charge in [0.05, 0.1) is 0 Å². The Morgan fingerprint density at radius 3 is 2.00 bits per heavy atom. The van der Waals surface area contributed by atoms with Crippen molar-refractivity contribution in [3.63, 3.8) is 0 Å². The van der Waals surface area contributed by atoms with Crippen LogP contribution in [-0.4, -0.2) is 11.1 Å². The monoisotopic (exact) mass is 271 g/mol. The quantitative estimate of drug-likeness (QED) is 0.809. The zero-order chi connectivity index (χ0) is 15.0. The minimum atomic E-state index is 0.220. The standard InChI is InChI=1S/C19H29N/c1-14-8-7-9-15(2)17(14)11-10-16-12-18(3,4)20-19(5,6)13-16/h7-11,16,20H,12-13H2,1-6H3. The lowest BCUT2D eigenvalue weighted by molar-refractivity contribution is 0.150. The summed E-state index contributed by atoms with van der Waals surface area (Å²) in [6.07, 6.45) is 7.18. The SMILES string of the molecule is Cc1cccc(C)c1C=CC1CC(C)(C)NC(C)(C)C1. The summed E-state index contributed by atoms with van der Waals surface area (Å²) in [7, 11) is 0. The number of aryl methyl sites for hydroxylation is 2. The summed E-state index contributed by atoms with van der Waals surface area (Å²) in [4.78, 5) is 0. The second-order valence-electron chi connectivity index (χ2n) is 7.73. The van der Waals surface area contributed by atoms with E-state index in [0.29, 0.717) is 5.92 Å². The van der Waals surface area contributed by atoms with E-state index >= 15 is 0 Å². The first-order chi connectivity index (χ1) is 9.19. The molecule has 1 aliphatic heterocycles. The van der Waals surface area contributed by atoms with Gasteiger partial charge in [0, 0.05) is 11.1 Å². The molecule has 20 heavy (non-hydrogen) atoms. The van der Waals surface area contributed by atoms with Crippen LogP contribution in [0.2, 0.25) is 0 Å². The van der Waals surface area contributed by atoms with Crippen LogP contribution in [0.25, 0.3) is 6.08 Å². The second kappa shape index (κ2) is 5.37. The van der Waals surface area contributed by atoms with E-state index in [1.54, 1.807) is 0 Å². The van der Waals surface area contributed by atoms with Gasteiger partial charge in [0.25, 0.3) is 0 Å². The minimum absolute atomic E-state index is 0.220. The maximum absolute atomic E-state index is 3.75. The molecule has 0 saturated carbocycles. The Morgan fingerprint density at radius 1 is 1.00 bits per heavy atom. The van der Waals surface area contributed by atoms with E-state index in [-0.39, 0.29) is 11.1 Å². The smallest absolute Gasteiger partial charge is 0.0135 e. The van der Waals surface area contributed by atoms with Gasteiger partial charge in [-0.2, -0.15) is 0 Å². The van der Waals surface area contributed by atoms with Crippen molar-refractivity contribution in [1.29, 1.82) is 0 Å². The van der Waals surface area contributed by atoms with Gasteiger partial charge >= 0.3 is 0 Å². The van der Waals surface area contributed by atoms with E-state index in [2.05, 4.69) is 77.2 Å². The predicted molar refractivity (Wildman–Crippen MR) is 89.0 cm³/mol. The summed E-state index contributed by atoms with van der Waals surface area (Å²) < 4.78 is 0. The fourth-order valence-electron chi connectivity index (χ4n) is 3.86. The average molecular weight is 271 g/mol. The Bertz CT molecular complexity index is 472. The Labute approximate surface area is 124 Å². The van der Waals surface area contributed by atoms with E-state index in [1.807, 2.05) is 0 Å². The average Bonchev–Trinajstić information content (AvgIpc) is 2.23. The Morgan fingerprint density at radius 2 is 1.50 bits per heavy atom. The van der Waals surface area contributed by atoms with Gasteiger partial charge < -0.3 is 5.32 Å². The number of piperidine rings is 1. The van der Waals surface area contributed by atoms with Gasteiger partial charge in [-0.15, -0.1) is 0 Å². The van der Waals surface area contributed by atoms with Crippen molar-refractivity contribution < 1.29 is 0 Å². The molecular formula is C19H29N. The van der Waals surface area contributed by atoms with Crippen molar-refractivity contribution in [2.45, 2.75) is 65.5 Å². The Hall–Kier alpha value is -1.08. The first kappa shape index (κ1) is 15.3. The summed E-state index contributed by atoms with van der Waals surface area (Å²) >= 11 is 0. The molecule has 110 valence electrons. The van der Waals surface area contributed by atoms with Crippen LogP contribution in [0.15, 0.2) is 24.3 Å². The highest BCUT2D eigenvalue weighted by Gasteiger charge is 2.36. The summed E-state index contributed by atoms with van der Waals surface area (Å²) in [5.74, 6) is 0.653. The van der Waals surface area contributed by atoms with Crippen LogP contribution in [0.1, 0.15) is 57.2 Å². The molecule has 0 aliphatic carbocycles. The van der Waals surface area contributed by atoms with Gasteiger partial charge in [0.1, 0.15) is 0 Å². The van der Waals surface area contributed by atoms with Crippen molar-refractivity contribution in [2.24, 2.45) is 5.92 Å². The molecule has 1 aromatic rings. The molecule has 1 aliphatic rings. The van der Waals surface area contributed by atoms with Gasteiger partial charge in [-0.3, -0.25) is 0 Å². The molecule has 0 amide bonds. The number of allylic oxidation sites excluding steroid dienone is 1. The summed E-state index contributed by atoms with van der Waals surface area (Å²) in [5.41, 5.74) is 4.57. The van der Waals surface area contributed by atoms with Crippen LogP contribution in [0.5, 0.6) is 0 Å². The van der Waals surface area contributed by atoms with Gasteiger partial charge in [0.15, 0.2) is 0 Å². The maximum Gasteiger partial charge on any atom is 0.0135 e. The van der Waals surface area contributed by atoms with E-state index in [9.17, 15) is 0 Å². The largest absolute Gasteiger partial charge is 0.307 e. The molecule has 1 N–H and O–H groups in total. The third-order valence-electron chi connectivity index (χ3n) is 4.30. The predicted octanol–water partition coefficient (Wildman–Crippen LogP) is 4.87. The van der Waals surface area contributed by atoms with Crippen LogP contribution in [0, 0.1) is 19.8 Å². The molecule has 0 atom stereocenters. The van der Waals surface area contributed by atoms with Crippen LogP contribution < -0.4 is 5.32 Å². The topological polar surface area (TPSA) is 12.0 Å². The highest BCUT2D eigenvalue weighted by molar-refractivity contribution is 5.57. The first-order valence-corrected chi connectivity index (χ1v) is 7.72. The number of hydrogen-bond acceptors (Lipinski definition) is 1. The first-order valence-electron chi connectivity index (χ1n) is 7.72. The molecule has 1 aromatic carbocycles. The zero-order valence-electron chi connectivity index (χ0n) is 13.9. The lowest BCUT2D eigenvalue weighted by atomic mass is 9.75. The van der Waals surface area contributed by atoms with E-state index in [0.717, 1.165) is 0 Å². The number of benzene rings is 1. The lowest BCUT2D eigenvalue weighted by Crippen LogP contribution is -2.57. The van der Waals surface area contributed by atoms with Gasteiger partial charge in [-0.25, -0.2) is 0 Å². The maximum atomic E-state index is 3.75. The van der Waals surface area contributed by atoms with Crippen molar-refractivity contribution in [2.75, 3.05) is 0 Å². The van der Waals surface area contributed by atoms with Gasteiger partial charge in [0.2, 0.25) is 0 Å². The van der Waals surface area contributed by atoms with E-state index in [4.69, 9.17) is 0 Å². The van der Waals surface area contributed by atoms with Crippen molar-refractivity contribution in [1.82, 2.24) is 5.32 Å². The van der Waals surface area contributed by atoms with Crippen molar-refractivity contribution >= 4 is 6.08 Å². The van der Waals surface area contributed by atoms with E-state index < -0.39 is 0 Å². The third kappa shape index (κ3) is 3.73. The number of rotatable bonds is 2. The fraction of sp³-hybridized carbons (Fsp3) is 0.579. The minimum Gasteiger partial charge on any atom is -0.307 e. The third-order valence-corrected chi connectivity index (χ3v) is 4.30. The molecule has 0 spiro atoms. The van der Waals surface area contributed by atoms with Crippen LogP contribution in [0.4, 0.5) is 0 Å². The molecule has 1 fully saturated rings. The second-order valence-corrected chi connectivity index (χ2v) is 7.73. The molecule has 2 rings (SSSR count). The van der Waals surface area contributed by atoms with Crippen molar-refractivity contribution in [3.05, 3.63) is 41.0 Å². The molecule has 1 saturated heterocycles. The van der Waals surface area contributed by atoms with E-state index in [1.165, 1.54) is 29.5 Å². The molecule has 1 heteroatoms. The molecule has 0 radical (unpaired) electrons. The summed E-state index contributed by atoms with van der Waals surface area (Å²) in [5, 5.41) is 3.75. The molecule has 0 bridgehead atoms. The number of nitrogens with one attached hydrogen (secondary N) is 1. The fourth-order valence-corrected chi connectivity index (χ4v) is 3.86. The van der Waals surface area contributed by atoms with Gasteiger partial charge in [-0.05, 0) is 77.0 Å². The Kier molecular flexibility index (Phi) is 4.11. The zero-order valence-corrected chi connectivity index (χ0v) is 13.9. The molecule has 0 unspecified atom stereocenters. The molecule has 1 nitrogen and oxygen atoms in total. The lowest BCUT2D eigenvalue weighted by Gasteiger charge is -2.46. The highest BCUT2D eigenvalue weighted by Crippen LogP contribution is 2.34. The van der Waals surface area contributed by atoms with Crippen LogP contribution >= 0.6 is 0 Å². The molecule has 1 heterocycles.